The number of amides is 2. The third-order valence-electron chi connectivity index (χ3n) is 3.64. The van der Waals surface area contributed by atoms with Crippen LogP contribution in [0.5, 0.6) is 0 Å². The summed E-state index contributed by atoms with van der Waals surface area (Å²) >= 11 is 7.37. The average molecular weight is 351 g/mol. The number of aromatic nitrogens is 3. The van der Waals surface area contributed by atoms with Gasteiger partial charge >= 0.3 is 0 Å². The zero-order valence-electron chi connectivity index (χ0n) is 12.5. The highest BCUT2D eigenvalue weighted by Gasteiger charge is 2.28. The number of carbonyl (C=O) groups is 2. The number of hydrogen-bond donors (Lipinski definition) is 0. The Kier molecular flexibility index (Phi) is 4.68. The van der Waals surface area contributed by atoms with Gasteiger partial charge in [0.25, 0.3) is 0 Å². The van der Waals surface area contributed by atoms with Gasteiger partial charge in [-0.25, -0.2) is 0 Å². The van der Waals surface area contributed by atoms with Crippen molar-refractivity contribution in [3.05, 3.63) is 29.3 Å². The molecule has 0 atom stereocenters. The number of thioether (sulfide) groups is 1. The summed E-state index contributed by atoms with van der Waals surface area (Å²) in [4.78, 5) is 24.4. The van der Waals surface area contributed by atoms with Crippen molar-refractivity contribution in [1.29, 1.82) is 0 Å². The molecule has 0 saturated carbocycles. The smallest absolute Gasteiger partial charge is 0.229 e. The molecular weight excluding hydrogens is 336 g/mol. The molecule has 1 aliphatic heterocycles. The predicted octanol–water partition coefficient (Wildman–Crippen LogP) is 2.38. The molecule has 1 aliphatic rings. The van der Waals surface area contributed by atoms with Gasteiger partial charge in [-0.2, -0.15) is 0 Å². The van der Waals surface area contributed by atoms with Gasteiger partial charge in [-0.3, -0.25) is 14.5 Å². The number of nitrogens with zero attached hydrogens (tertiary/aromatic N) is 4. The molecule has 8 heteroatoms. The third kappa shape index (κ3) is 3.40. The van der Waals surface area contributed by atoms with Gasteiger partial charge in [0.15, 0.2) is 11.0 Å². The minimum absolute atomic E-state index is 0.0876. The molecule has 1 aromatic heterocycles. The molecule has 0 unspecified atom stereocenters. The van der Waals surface area contributed by atoms with Gasteiger partial charge in [0, 0.05) is 42.8 Å². The van der Waals surface area contributed by atoms with Crippen molar-refractivity contribution < 1.29 is 9.59 Å². The fraction of sp³-hybridized carbons (Fsp3) is 0.333. The van der Waals surface area contributed by atoms with E-state index in [9.17, 15) is 9.59 Å². The Morgan fingerprint density at radius 3 is 2.43 bits per heavy atom. The number of likely N-dealkylation sites (tertiary alicyclic amines) is 1. The van der Waals surface area contributed by atoms with Crippen LogP contribution in [-0.4, -0.2) is 43.8 Å². The largest absolute Gasteiger partial charge is 0.305 e. The van der Waals surface area contributed by atoms with Crippen molar-refractivity contribution in [2.45, 2.75) is 18.0 Å². The van der Waals surface area contributed by atoms with Crippen LogP contribution in [0, 0.1) is 0 Å². The zero-order chi connectivity index (χ0) is 16.4. The topological polar surface area (TPSA) is 68.1 Å². The molecule has 0 radical (unpaired) electrons. The minimum Gasteiger partial charge on any atom is -0.305 e. The number of hydrogen-bond acceptors (Lipinski definition) is 5. The van der Waals surface area contributed by atoms with Gasteiger partial charge in [-0.05, 0) is 24.3 Å². The SMILES string of the molecule is Cn1c(SCCN2C(=O)CCC2=O)nnc1-c1ccc(Cl)cc1. The fourth-order valence-corrected chi connectivity index (χ4v) is 3.35. The van der Waals surface area contributed by atoms with Crippen LogP contribution < -0.4 is 0 Å². The molecule has 1 fully saturated rings. The second-order valence-electron chi connectivity index (χ2n) is 5.16. The van der Waals surface area contributed by atoms with Gasteiger partial charge in [-0.1, -0.05) is 23.4 Å². The van der Waals surface area contributed by atoms with Crippen molar-refractivity contribution in [2.24, 2.45) is 7.05 Å². The third-order valence-corrected chi connectivity index (χ3v) is 4.89. The summed E-state index contributed by atoms with van der Waals surface area (Å²) < 4.78 is 1.89. The fourth-order valence-electron chi connectivity index (χ4n) is 2.39. The van der Waals surface area contributed by atoms with E-state index in [2.05, 4.69) is 10.2 Å². The average Bonchev–Trinajstić information content (AvgIpc) is 3.05. The van der Waals surface area contributed by atoms with Crippen molar-refractivity contribution in [1.82, 2.24) is 19.7 Å². The molecule has 2 aromatic rings. The van der Waals surface area contributed by atoms with Gasteiger partial charge < -0.3 is 4.57 Å². The highest BCUT2D eigenvalue weighted by atomic mass is 35.5. The van der Waals surface area contributed by atoms with Crippen molar-refractivity contribution in [3.63, 3.8) is 0 Å². The molecule has 0 N–H and O–H groups in total. The summed E-state index contributed by atoms with van der Waals surface area (Å²) in [5, 5.41) is 9.79. The van der Waals surface area contributed by atoms with Crippen molar-refractivity contribution in [3.8, 4) is 11.4 Å². The van der Waals surface area contributed by atoms with E-state index < -0.39 is 0 Å². The monoisotopic (exact) mass is 350 g/mol. The second-order valence-corrected chi connectivity index (χ2v) is 6.66. The summed E-state index contributed by atoms with van der Waals surface area (Å²) in [6.07, 6.45) is 0.655. The Morgan fingerprint density at radius 2 is 1.78 bits per heavy atom. The van der Waals surface area contributed by atoms with Crippen LogP contribution in [0.15, 0.2) is 29.4 Å². The molecule has 0 bridgehead atoms. The van der Waals surface area contributed by atoms with Crippen LogP contribution in [0.2, 0.25) is 5.02 Å². The maximum Gasteiger partial charge on any atom is 0.229 e. The predicted molar refractivity (Wildman–Crippen MR) is 88.1 cm³/mol. The first kappa shape index (κ1) is 16.0. The van der Waals surface area contributed by atoms with E-state index in [1.807, 2.05) is 35.9 Å². The molecule has 0 aliphatic carbocycles. The van der Waals surface area contributed by atoms with E-state index in [-0.39, 0.29) is 11.8 Å². The van der Waals surface area contributed by atoms with Crippen molar-refractivity contribution in [2.75, 3.05) is 12.3 Å². The molecule has 2 amide bonds. The highest BCUT2D eigenvalue weighted by Crippen LogP contribution is 2.24. The van der Waals surface area contributed by atoms with E-state index in [1.165, 1.54) is 16.7 Å². The lowest BCUT2D eigenvalue weighted by molar-refractivity contribution is -0.137. The standard InChI is InChI=1S/C15H15ClN4O2S/c1-19-14(10-2-4-11(16)5-3-10)17-18-15(19)23-9-8-20-12(21)6-7-13(20)22/h2-5H,6-9H2,1H3. The lowest BCUT2D eigenvalue weighted by Crippen LogP contribution is -2.31. The maximum atomic E-state index is 11.6. The maximum absolute atomic E-state index is 11.6. The molecule has 120 valence electrons. The first-order valence-electron chi connectivity index (χ1n) is 7.17. The summed E-state index contributed by atoms with van der Waals surface area (Å²) in [6.45, 7) is 0.408. The van der Waals surface area contributed by atoms with Crippen molar-refractivity contribution >= 4 is 35.2 Å². The van der Waals surface area contributed by atoms with E-state index in [1.54, 1.807) is 0 Å². The first-order valence-corrected chi connectivity index (χ1v) is 8.54. The number of rotatable bonds is 5. The number of carbonyl (C=O) groups excluding carboxylic acids is 2. The summed E-state index contributed by atoms with van der Waals surface area (Å²) in [5.41, 5.74) is 0.932. The Balaban J connectivity index is 1.64. The summed E-state index contributed by atoms with van der Waals surface area (Å²) in [5.74, 6) is 1.17. The zero-order valence-corrected chi connectivity index (χ0v) is 14.1. The Morgan fingerprint density at radius 1 is 1.13 bits per heavy atom. The lowest BCUT2D eigenvalue weighted by Gasteiger charge is -2.12. The van der Waals surface area contributed by atoms with Crippen LogP contribution in [0.3, 0.4) is 0 Å². The van der Waals surface area contributed by atoms with Gasteiger partial charge in [-0.15, -0.1) is 10.2 Å². The first-order chi connectivity index (χ1) is 11.1. The van der Waals surface area contributed by atoms with Crippen LogP contribution >= 0.6 is 23.4 Å². The molecule has 1 aromatic carbocycles. The van der Waals surface area contributed by atoms with Gasteiger partial charge in [0.2, 0.25) is 11.8 Å². The van der Waals surface area contributed by atoms with Crippen LogP contribution in [-0.2, 0) is 16.6 Å². The Labute approximate surface area is 142 Å². The van der Waals surface area contributed by atoms with Gasteiger partial charge in [0.05, 0.1) is 0 Å². The van der Waals surface area contributed by atoms with Crippen LogP contribution in [0.25, 0.3) is 11.4 Å². The minimum atomic E-state index is -0.0876. The van der Waals surface area contributed by atoms with E-state index in [0.29, 0.717) is 30.2 Å². The van der Waals surface area contributed by atoms with E-state index in [4.69, 9.17) is 11.6 Å². The quantitative estimate of drug-likeness (QED) is 0.611. The molecule has 23 heavy (non-hydrogen) atoms. The number of benzene rings is 1. The molecule has 3 rings (SSSR count). The highest BCUT2D eigenvalue weighted by molar-refractivity contribution is 7.99. The number of halogens is 1. The van der Waals surface area contributed by atoms with E-state index >= 15 is 0 Å². The summed E-state index contributed by atoms with van der Waals surface area (Å²) in [6, 6.07) is 7.40. The molecule has 2 heterocycles. The molecule has 1 saturated heterocycles. The molecule has 0 spiro atoms. The van der Waals surface area contributed by atoms with Crippen LogP contribution in [0.1, 0.15) is 12.8 Å². The Hall–Kier alpha value is -1.86. The summed E-state index contributed by atoms with van der Waals surface area (Å²) in [7, 11) is 1.89. The number of imide groups is 1. The molecule has 6 nitrogen and oxygen atoms in total. The molecular formula is C15H15ClN4O2S. The Bertz CT molecular complexity index is 728. The van der Waals surface area contributed by atoms with E-state index in [0.717, 1.165) is 16.5 Å². The van der Waals surface area contributed by atoms with Crippen LogP contribution in [0.4, 0.5) is 0 Å². The second kappa shape index (κ2) is 6.72. The normalized spacial score (nSPS) is 14.8. The lowest BCUT2D eigenvalue weighted by atomic mass is 10.2. The van der Waals surface area contributed by atoms with Gasteiger partial charge in [0.1, 0.15) is 0 Å².